The summed E-state index contributed by atoms with van der Waals surface area (Å²) < 4.78 is 11.1. The van der Waals surface area contributed by atoms with Crippen molar-refractivity contribution in [2.24, 2.45) is 0 Å². The second-order valence-electron chi connectivity index (χ2n) is 10.7. The number of aryl methyl sites for hydroxylation is 1. The molecule has 34 heavy (non-hydrogen) atoms. The van der Waals surface area contributed by atoms with Gasteiger partial charge in [0.15, 0.2) is 5.41 Å². The van der Waals surface area contributed by atoms with Crippen molar-refractivity contribution in [1.29, 1.82) is 0 Å². The van der Waals surface area contributed by atoms with E-state index in [-0.39, 0.29) is 23.8 Å². The van der Waals surface area contributed by atoms with E-state index < -0.39 is 11.0 Å². The van der Waals surface area contributed by atoms with Crippen LogP contribution in [0.5, 0.6) is 0 Å². The second kappa shape index (κ2) is 9.66. The van der Waals surface area contributed by atoms with E-state index in [9.17, 15) is 9.59 Å². The maximum absolute atomic E-state index is 13.4. The number of carbonyl (C=O) groups is 2. The normalized spacial score (nSPS) is 18.8. The minimum Gasteiger partial charge on any atom is -0.465 e. The van der Waals surface area contributed by atoms with Crippen LogP contribution in [0, 0.1) is 18.8 Å². The molecule has 2 aromatic carbocycles. The summed E-state index contributed by atoms with van der Waals surface area (Å²) in [4.78, 5) is 25.9. The largest absolute Gasteiger partial charge is 0.465 e. The molecule has 0 aliphatic heterocycles. The third kappa shape index (κ3) is 5.53. The zero-order valence-corrected chi connectivity index (χ0v) is 21.5. The lowest BCUT2D eigenvalue weighted by atomic mass is 9.61. The van der Waals surface area contributed by atoms with Crippen molar-refractivity contribution < 1.29 is 19.1 Å². The molecule has 0 N–H and O–H groups in total. The van der Waals surface area contributed by atoms with Crippen molar-refractivity contribution in [2.75, 3.05) is 6.61 Å². The van der Waals surface area contributed by atoms with Gasteiger partial charge in [0.1, 0.15) is 5.60 Å². The molecule has 0 saturated carbocycles. The summed E-state index contributed by atoms with van der Waals surface area (Å²) in [6.07, 6.45) is 1.52. The zero-order chi connectivity index (χ0) is 25.1. The standard InChI is InChI=1S/C30H36O4/c1-8-33-27(32)30(18-17-29(6,7)24-14-13-21(2)19-25(24)30)16-15-22-11-9-10-12-23(22)20-26(31)34-28(3,4)5/h9-14,19H,8,17-18,20H2,1-7H3. The van der Waals surface area contributed by atoms with Crippen molar-refractivity contribution in [3.8, 4) is 11.8 Å². The Kier molecular flexibility index (Phi) is 7.26. The number of benzene rings is 2. The van der Waals surface area contributed by atoms with E-state index in [4.69, 9.17) is 9.47 Å². The number of rotatable bonds is 4. The van der Waals surface area contributed by atoms with Crippen LogP contribution in [0.1, 0.15) is 82.2 Å². The lowest BCUT2D eigenvalue weighted by molar-refractivity contribution is -0.154. The smallest absolute Gasteiger partial charge is 0.328 e. The number of ether oxygens (including phenoxy) is 2. The van der Waals surface area contributed by atoms with Crippen LogP contribution >= 0.6 is 0 Å². The van der Waals surface area contributed by atoms with Crippen LogP contribution in [0.4, 0.5) is 0 Å². The molecule has 2 aromatic rings. The van der Waals surface area contributed by atoms with Crippen molar-refractivity contribution in [1.82, 2.24) is 0 Å². The highest BCUT2D eigenvalue weighted by atomic mass is 16.6. The van der Waals surface area contributed by atoms with Gasteiger partial charge in [0.05, 0.1) is 13.0 Å². The van der Waals surface area contributed by atoms with Crippen LogP contribution in [0.2, 0.25) is 0 Å². The Hall–Kier alpha value is -3.06. The summed E-state index contributed by atoms with van der Waals surface area (Å²) in [5.41, 5.74) is 2.98. The molecule has 1 atom stereocenters. The first kappa shape index (κ1) is 25.6. The highest BCUT2D eigenvalue weighted by molar-refractivity contribution is 5.89. The van der Waals surface area contributed by atoms with Crippen molar-refractivity contribution in [3.63, 3.8) is 0 Å². The second-order valence-corrected chi connectivity index (χ2v) is 10.7. The fourth-order valence-corrected chi connectivity index (χ4v) is 4.52. The Morgan fingerprint density at radius 3 is 2.41 bits per heavy atom. The Balaban J connectivity index is 2.11. The first-order valence-corrected chi connectivity index (χ1v) is 12.0. The van der Waals surface area contributed by atoms with Gasteiger partial charge in [-0.1, -0.05) is 67.6 Å². The molecule has 0 saturated heterocycles. The van der Waals surface area contributed by atoms with Gasteiger partial charge in [-0.15, -0.1) is 0 Å². The van der Waals surface area contributed by atoms with Gasteiger partial charge in [0.25, 0.3) is 0 Å². The van der Waals surface area contributed by atoms with E-state index in [0.717, 1.165) is 34.2 Å². The molecule has 3 rings (SSSR count). The molecule has 0 aromatic heterocycles. The molecule has 0 fully saturated rings. The van der Waals surface area contributed by atoms with Crippen LogP contribution in [-0.4, -0.2) is 24.1 Å². The van der Waals surface area contributed by atoms with Crippen molar-refractivity contribution in [3.05, 3.63) is 70.3 Å². The fourth-order valence-electron chi connectivity index (χ4n) is 4.52. The fraction of sp³-hybridized carbons (Fsp3) is 0.467. The Morgan fingerprint density at radius 1 is 1.03 bits per heavy atom. The van der Waals surface area contributed by atoms with Crippen molar-refractivity contribution >= 4 is 11.9 Å². The third-order valence-corrected chi connectivity index (χ3v) is 6.30. The number of hydrogen-bond donors (Lipinski definition) is 0. The highest BCUT2D eigenvalue weighted by Crippen LogP contribution is 2.47. The quantitative estimate of drug-likeness (QED) is 0.427. The summed E-state index contributed by atoms with van der Waals surface area (Å²) >= 11 is 0. The molecule has 0 bridgehead atoms. The molecule has 0 radical (unpaired) electrons. The van der Waals surface area contributed by atoms with Gasteiger partial charge in [-0.2, -0.15) is 0 Å². The molecule has 180 valence electrons. The predicted molar refractivity (Wildman–Crippen MR) is 135 cm³/mol. The topological polar surface area (TPSA) is 52.6 Å². The van der Waals surface area contributed by atoms with E-state index in [1.165, 1.54) is 0 Å². The van der Waals surface area contributed by atoms with Gasteiger partial charge in [-0.05, 0) is 75.6 Å². The van der Waals surface area contributed by atoms with Crippen LogP contribution in [-0.2, 0) is 36.3 Å². The molecule has 1 unspecified atom stereocenters. The molecule has 0 spiro atoms. The van der Waals surface area contributed by atoms with Crippen LogP contribution in [0.25, 0.3) is 0 Å². The molecule has 1 aliphatic carbocycles. The number of carbonyl (C=O) groups excluding carboxylic acids is 2. The summed E-state index contributed by atoms with van der Waals surface area (Å²) in [6, 6.07) is 13.8. The van der Waals surface area contributed by atoms with E-state index in [2.05, 4.69) is 43.9 Å². The summed E-state index contributed by atoms with van der Waals surface area (Å²) in [5.74, 6) is 5.99. The van der Waals surface area contributed by atoms with Crippen LogP contribution < -0.4 is 0 Å². The first-order chi connectivity index (χ1) is 15.9. The average molecular weight is 461 g/mol. The van der Waals surface area contributed by atoms with E-state index >= 15 is 0 Å². The van der Waals surface area contributed by atoms with Gasteiger partial charge in [0.2, 0.25) is 0 Å². The average Bonchev–Trinajstić information content (AvgIpc) is 2.73. The first-order valence-electron chi connectivity index (χ1n) is 12.0. The maximum Gasteiger partial charge on any atom is 0.328 e. The summed E-state index contributed by atoms with van der Waals surface area (Å²) in [5, 5.41) is 0. The van der Waals surface area contributed by atoms with Crippen LogP contribution in [0.3, 0.4) is 0 Å². The molecule has 4 nitrogen and oxygen atoms in total. The zero-order valence-electron chi connectivity index (χ0n) is 21.5. The van der Waals surface area contributed by atoms with E-state index in [1.54, 1.807) is 0 Å². The van der Waals surface area contributed by atoms with Gasteiger partial charge in [-0.3, -0.25) is 9.59 Å². The van der Waals surface area contributed by atoms with Crippen molar-refractivity contribution in [2.45, 2.75) is 84.2 Å². The molecule has 4 heteroatoms. The third-order valence-electron chi connectivity index (χ3n) is 6.30. The van der Waals surface area contributed by atoms with Crippen LogP contribution in [0.15, 0.2) is 42.5 Å². The lowest BCUT2D eigenvalue weighted by Crippen LogP contribution is -2.43. The van der Waals surface area contributed by atoms with Gasteiger partial charge >= 0.3 is 11.9 Å². The Morgan fingerprint density at radius 2 is 1.74 bits per heavy atom. The SMILES string of the molecule is CCOC(=O)C1(C#Cc2ccccc2CC(=O)OC(C)(C)C)CCC(C)(C)c2ccc(C)cc21. The van der Waals surface area contributed by atoms with Gasteiger partial charge < -0.3 is 9.47 Å². The molecule has 1 aliphatic rings. The molecule has 0 heterocycles. The Bertz CT molecular complexity index is 1140. The number of fused-ring (bicyclic) bond motifs is 1. The minimum atomic E-state index is -1.05. The van der Waals surface area contributed by atoms with E-state index in [0.29, 0.717) is 13.0 Å². The number of hydrogen-bond acceptors (Lipinski definition) is 4. The summed E-state index contributed by atoms with van der Waals surface area (Å²) in [7, 11) is 0. The predicted octanol–water partition coefficient (Wildman–Crippen LogP) is 5.80. The highest BCUT2D eigenvalue weighted by Gasteiger charge is 2.48. The number of esters is 2. The molecule has 0 amide bonds. The lowest BCUT2D eigenvalue weighted by Gasteiger charge is -2.41. The molecular weight excluding hydrogens is 424 g/mol. The summed E-state index contributed by atoms with van der Waals surface area (Å²) in [6.45, 7) is 14.1. The minimum absolute atomic E-state index is 0.0602. The monoisotopic (exact) mass is 460 g/mol. The maximum atomic E-state index is 13.4. The van der Waals surface area contributed by atoms with Gasteiger partial charge in [0, 0.05) is 5.56 Å². The molecular formula is C30H36O4. The van der Waals surface area contributed by atoms with Gasteiger partial charge in [-0.25, -0.2) is 0 Å². The Labute approximate surface area is 204 Å². The van der Waals surface area contributed by atoms with E-state index in [1.807, 2.05) is 58.9 Å².